The van der Waals surface area contributed by atoms with Gasteiger partial charge in [0.05, 0.1) is 0 Å². The lowest BCUT2D eigenvalue weighted by Gasteiger charge is -2.23. The van der Waals surface area contributed by atoms with Gasteiger partial charge in [0.15, 0.2) is 5.96 Å². The van der Waals surface area contributed by atoms with E-state index in [1.807, 2.05) is 24.3 Å². The van der Waals surface area contributed by atoms with Crippen molar-refractivity contribution in [1.29, 1.82) is 0 Å². The molecule has 4 N–H and O–H groups in total. The normalized spacial score (nSPS) is 15.6. The molecule has 0 radical (unpaired) electrons. The van der Waals surface area contributed by atoms with Crippen molar-refractivity contribution in [2.24, 2.45) is 10.7 Å². The maximum Gasteiger partial charge on any atom is 0.251 e. The highest BCUT2D eigenvalue weighted by Gasteiger charge is 2.13. The number of benzene rings is 1. The minimum absolute atomic E-state index is 0. The Balaban J connectivity index is 0.00000264. The fourth-order valence-electron chi connectivity index (χ4n) is 2.82. The van der Waals surface area contributed by atoms with Gasteiger partial charge in [-0.2, -0.15) is 0 Å². The molecule has 0 bridgehead atoms. The van der Waals surface area contributed by atoms with Gasteiger partial charge >= 0.3 is 0 Å². The number of guanidine groups is 1. The third kappa shape index (κ3) is 6.76. The van der Waals surface area contributed by atoms with Crippen molar-refractivity contribution in [3.05, 3.63) is 35.4 Å². The molecule has 1 amide bonds. The van der Waals surface area contributed by atoms with Crippen LogP contribution < -0.4 is 16.4 Å². The van der Waals surface area contributed by atoms with E-state index in [4.69, 9.17) is 5.73 Å². The number of rotatable bonds is 5. The maximum absolute atomic E-state index is 11.6. The number of carbonyl (C=O) groups is 1. The van der Waals surface area contributed by atoms with E-state index in [9.17, 15) is 4.79 Å². The Bertz CT molecular complexity index is 527. The van der Waals surface area contributed by atoms with Gasteiger partial charge in [0.1, 0.15) is 0 Å². The number of nitrogens with one attached hydrogen (secondary N) is 2. The molecule has 2 rings (SSSR count). The highest BCUT2D eigenvalue weighted by molar-refractivity contribution is 14.0. The summed E-state index contributed by atoms with van der Waals surface area (Å²) in [5, 5.41) is 5.94. The summed E-state index contributed by atoms with van der Waals surface area (Å²) in [5.74, 6) is 0.471. The minimum Gasteiger partial charge on any atom is -0.370 e. The van der Waals surface area contributed by atoms with E-state index < -0.39 is 0 Å². The summed E-state index contributed by atoms with van der Waals surface area (Å²) in [4.78, 5) is 16.0. The first-order valence-electron chi connectivity index (χ1n) is 8.06. The predicted molar refractivity (Wildman–Crippen MR) is 105 cm³/mol. The molecule has 6 heteroatoms. The van der Waals surface area contributed by atoms with E-state index >= 15 is 0 Å². The van der Waals surface area contributed by atoms with Crippen LogP contribution in [0.4, 0.5) is 0 Å². The Labute approximate surface area is 155 Å². The van der Waals surface area contributed by atoms with Gasteiger partial charge in [0.2, 0.25) is 0 Å². The second kappa shape index (κ2) is 10.5. The largest absolute Gasteiger partial charge is 0.370 e. The smallest absolute Gasteiger partial charge is 0.251 e. The van der Waals surface area contributed by atoms with Crippen molar-refractivity contribution in [2.45, 2.75) is 44.6 Å². The van der Waals surface area contributed by atoms with Gasteiger partial charge < -0.3 is 16.4 Å². The van der Waals surface area contributed by atoms with Crippen molar-refractivity contribution >= 4 is 35.8 Å². The summed E-state index contributed by atoms with van der Waals surface area (Å²) in [7, 11) is 1.64. The lowest BCUT2D eigenvalue weighted by molar-refractivity contribution is 0.0963. The predicted octanol–water partition coefficient (Wildman–Crippen LogP) is 2.44. The molecule has 0 unspecified atom stereocenters. The van der Waals surface area contributed by atoms with Crippen LogP contribution in [0, 0.1) is 0 Å². The number of amides is 1. The molecule has 1 aliphatic carbocycles. The van der Waals surface area contributed by atoms with Gasteiger partial charge in [-0.3, -0.25) is 9.79 Å². The average Bonchev–Trinajstić information content (AvgIpc) is 2.55. The molecule has 5 nitrogen and oxygen atoms in total. The molecule has 1 aromatic rings. The first-order chi connectivity index (χ1) is 10.7. The molecular weight excluding hydrogens is 403 g/mol. The summed E-state index contributed by atoms with van der Waals surface area (Å²) in [6.07, 6.45) is 7.03. The molecule has 0 heterocycles. The molecule has 0 aromatic heterocycles. The van der Waals surface area contributed by atoms with E-state index in [0.29, 0.717) is 24.1 Å². The lowest BCUT2D eigenvalue weighted by atomic mass is 9.96. The van der Waals surface area contributed by atoms with Gasteiger partial charge in [-0.1, -0.05) is 31.4 Å². The standard InChI is InChI=1S/C17H26N4O.HI/c1-19-16(22)14-7-5-6-13(12-14)10-11-20-17(18)21-15-8-3-2-4-9-15;/h5-7,12,15H,2-4,8-11H2,1H3,(H,19,22)(H3,18,20,21);1H. The Morgan fingerprint density at radius 3 is 2.74 bits per heavy atom. The Kier molecular flexibility index (Phi) is 8.98. The van der Waals surface area contributed by atoms with Crippen molar-refractivity contribution < 1.29 is 4.79 Å². The molecule has 0 saturated heterocycles. The van der Waals surface area contributed by atoms with Crippen LogP contribution in [0.1, 0.15) is 48.0 Å². The van der Waals surface area contributed by atoms with E-state index in [-0.39, 0.29) is 29.9 Å². The van der Waals surface area contributed by atoms with Crippen LogP contribution in [-0.4, -0.2) is 31.5 Å². The molecule has 128 valence electrons. The molecule has 23 heavy (non-hydrogen) atoms. The molecule has 1 aliphatic rings. The SMILES string of the molecule is CNC(=O)c1cccc(CCN=C(N)NC2CCCCC2)c1.I. The van der Waals surface area contributed by atoms with Crippen LogP contribution >= 0.6 is 24.0 Å². The average molecular weight is 430 g/mol. The van der Waals surface area contributed by atoms with E-state index in [1.54, 1.807) is 7.05 Å². The third-order valence-corrected chi connectivity index (χ3v) is 4.06. The first-order valence-corrected chi connectivity index (χ1v) is 8.06. The van der Waals surface area contributed by atoms with Gasteiger partial charge in [-0.25, -0.2) is 0 Å². The molecule has 1 fully saturated rings. The van der Waals surface area contributed by atoms with Crippen LogP contribution in [0.15, 0.2) is 29.3 Å². The van der Waals surface area contributed by atoms with Crippen molar-refractivity contribution in [1.82, 2.24) is 10.6 Å². The van der Waals surface area contributed by atoms with Gasteiger partial charge in [0.25, 0.3) is 5.91 Å². The van der Waals surface area contributed by atoms with Crippen LogP contribution in [0.3, 0.4) is 0 Å². The highest BCUT2D eigenvalue weighted by Crippen LogP contribution is 2.17. The van der Waals surface area contributed by atoms with Crippen LogP contribution in [0.2, 0.25) is 0 Å². The monoisotopic (exact) mass is 430 g/mol. The van der Waals surface area contributed by atoms with Crippen molar-refractivity contribution in [3.8, 4) is 0 Å². The van der Waals surface area contributed by atoms with E-state index in [2.05, 4.69) is 15.6 Å². The molecule has 1 aromatic carbocycles. The third-order valence-electron chi connectivity index (χ3n) is 4.06. The number of nitrogens with two attached hydrogens (primary N) is 1. The zero-order chi connectivity index (χ0) is 15.8. The zero-order valence-corrected chi connectivity index (χ0v) is 16.0. The lowest BCUT2D eigenvalue weighted by Crippen LogP contribution is -2.41. The second-order valence-electron chi connectivity index (χ2n) is 5.78. The van der Waals surface area contributed by atoms with Gasteiger partial charge in [0, 0.05) is 25.2 Å². The van der Waals surface area contributed by atoms with Crippen molar-refractivity contribution in [3.63, 3.8) is 0 Å². The number of hydrogen-bond donors (Lipinski definition) is 3. The fourth-order valence-corrected chi connectivity index (χ4v) is 2.82. The van der Waals surface area contributed by atoms with Gasteiger partial charge in [-0.05, 0) is 37.0 Å². The summed E-state index contributed by atoms with van der Waals surface area (Å²) in [6.45, 7) is 0.628. The minimum atomic E-state index is -0.0659. The first kappa shape index (κ1) is 19.7. The van der Waals surface area contributed by atoms with E-state index in [0.717, 1.165) is 12.0 Å². The highest BCUT2D eigenvalue weighted by atomic mass is 127. The molecule has 1 saturated carbocycles. The summed E-state index contributed by atoms with van der Waals surface area (Å²) in [5.41, 5.74) is 7.71. The molecule has 0 spiro atoms. The molecule has 0 atom stereocenters. The summed E-state index contributed by atoms with van der Waals surface area (Å²) in [6, 6.07) is 8.10. The molecule has 0 aliphatic heterocycles. The Hall–Kier alpha value is -1.31. The van der Waals surface area contributed by atoms with Crippen LogP contribution in [-0.2, 0) is 6.42 Å². The van der Waals surface area contributed by atoms with Crippen LogP contribution in [0.25, 0.3) is 0 Å². The Morgan fingerprint density at radius 1 is 1.30 bits per heavy atom. The number of carbonyl (C=O) groups excluding carboxylic acids is 1. The number of aliphatic imine (C=N–C) groups is 1. The van der Waals surface area contributed by atoms with Crippen LogP contribution in [0.5, 0.6) is 0 Å². The fraction of sp³-hybridized carbons (Fsp3) is 0.529. The Morgan fingerprint density at radius 2 is 2.04 bits per heavy atom. The summed E-state index contributed by atoms with van der Waals surface area (Å²) < 4.78 is 0. The van der Waals surface area contributed by atoms with Gasteiger partial charge in [-0.15, -0.1) is 24.0 Å². The second-order valence-corrected chi connectivity index (χ2v) is 5.78. The zero-order valence-electron chi connectivity index (χ0n) is 13.7. The van der Waals surface area contributed by atoms with E-state index in [1.165, 1.54) is 32.1 Å². The quantitative estimate of drug-likeness (QED) is 0.382. The maximum atomic E-state index is 11.6. The number of halogens is 1. The topological polar surface area (TPSA) is 79.5 Å². The number of hydrogen-bond acceptors (Lipinski definition) is 2. The molecular formula is C17H27IN4O. The van der Waals surface area contributed by atoms with Crippen molar-refractivity contribution in [2.75, 3.05) is 13.6 Å². The summed E-state index contributed by atoms with van der Waals surface area (Å²) >= 11 is 0. The number of nitrogens with zero attached hydrogens (tertiary/aromatic N) is 1.